The third-order valence-corrected chi connectivity index (χ3v) is 4.50. The number of nitrogens with one attached hydrogen (secondary N) is 1. The minimum absolute atomic E-state index is 0.179. The third kappa shape index (κ3) is 4.21. The highest BCUT2D eigenvalue weighted by atomic mass is 19.1. The van der Waals surface area contributed by atoms with Crippen LogP contribution in [-0.2, 0) is 17.8 Å². The Morgan fingerprint density at radius 3 is 2.59 bits per heavy atom. The van der Waals surface area contributed by atoms with E-state index in [0.29, 0.717) is 24.2 Å². The number of aromatic nitrogens is 4. The van der Waals surface area contributed by atoms with Crippen molar-refractivity contribution in [3.63, 3.8) is 0 Å². The average molecular weight is 391 g/mol. The van der Waals surface area contributed by atoms with E-state index in [-0.39, 0.29) is 23.8 Å². The molecule has 0 radical (unpaired) electrons. The van der Waals surface area contributed by atoms with Crippen LogP contribution >= 0.6 is 0 Å². The highest BCUT2D eigenvalue weighted by Crippen LogP contribution is 2.18. The van der Waals surface area contributed by atoms with Gasteiger partial charge in [-0.1, -0.05) is 30.3 Å². The first kappa shape index (κ1) is 18.5. The molecule has 29 heavy (non-hydrogen) atoms. The maximum Gasteiger partial charge on any atom is 0.293 e. The lowest BCUT2D eigenvalue weighted by molar-refractivity contribution is -0.121. The quantitative estimate of drug-likeness (QED) is 0.546. The zero-order valence-corrected chi connectivity index (χ0v) is 15.5. The topological polar surface area (TPSA) is 81.3 Å². The van der Waals surface area contributed by atoms with E-state index in [9.17, 15) is 14.0 Å². The van der Waals surface area contributed by atoms with E-state index >= 15 is 0 Å². The van der Waals surface area contributed by atoms with Gasteiger partial charge in [-0.15, -0.1) is 0 Å². The van der Waals surface area contributed by atoms with Crippen molar-refractivity contribution in [3.8, 4) is 11.3 Å². The van der Waals surface area contributed by atoms with E-state index in [1.165, 1.54) is 23.0 Å². The molecule has 0 unspecified atom stereocenters. The maximum atomic E-state index is 13.1. The third-order valence-electron chi connectivity index (χ3n) is 4.50. The first-order valence-corrected chi connectivity index (χ1v) is 9.12. The number of benzene rings is 2. The second kappa shape index (κ2) is 8.05. The van der Waals surface area contributed by atoms with Crippen LogP contribution in [0.4, 0.5) is 4.39 Å². The summed E-state index contributed by atoms with van der Waals surface area (Å²) >= 11 is 0. The van der Waals surface area contributed by atoms with Crippen molar-refractivity contribution >= 4 is 11.4 Å². The zero-order valence-electron chi connectivity index (χ0n) is 15.5. The lowest BCUT2D eigenvalue weighted by Crippen LogP contribution is -2.35. The van der Waals surface area contributed by atoms with E-state index in [1.807, 2.05) is 30.3 Å². The van der Waals surface area contributed by atoms with Crippen LogP contribution in [0, 0.1) is 5.82 Å². The minimum atomic E-state index is -0.424. The van der Waals surface area contributed by atoms with Gasteiger partial charge in [0.25, 0.3) is 5.56 Å². The molecule has 0 aliphatic heterocycles. The summed E-state index contributed by atoms with van der Waals surface area (Å²) in [6.07, 6.45) is 2.08. The van der Waals surface area contributed by atoms with E-state index in [2.05, 4.69) is 15.5 Å². The lowest BCUT2D eigenvalue weighted by atomic mass is 10.1. The lowest BCUT2D eigenvalue weighted by Gasteiger charge is -2.07. The number of hydrogen-bond donors (Lipinski definition) is 1. The van der Waals surface area contributed by atoms with Gasteiger partial charge in [-0.25, -0.2) is 13.6 Å². The molecule has 0 aliphatic rings. The van der Waals surface area contributed by atoms with Gasteiger partial charge in [0.1, 0.15) is 24.2 Å². The molecule has 4 aromatic rings. The monoisotopic (exact) mass is 391 g/mol. The Kier molecular flexibility index (Phi) is 5.15. The molecule has 0 atom stereocenters. The van der Waals surface area contributed by atoms with Gasteiger partial charge in [0.05, 0.1) is 5.69 Å². The second-order valence-corrected chi connectivity index (χ2v) is 6.55. The number of rotatable bonds is 6. The summed E-state index contributed by atoms with van der Waals surface area (Å²) in [5, 5.41) is 11.1. The number of fused-ring (bicyclic) bond motifs is 1. The van der Waals surface area contributed by atoms with Crippen LogP contribution in [0.15, 0.2) is 71.8 Å². The van der Waals surface area contributed by atoms with Gasteiger partial charge in [0.15, 0.2) is 0 Å². The van der Waals surface area contributed by atoms with Crippen LogP contribution in [0.25, 0.3) is 16.8 Å². The maximum absolute atomic E-state index is 13.1. The van der Waals surface area contributed by atoms with Crippen molar-refractivity contribution in [3.05, 3.63) is 88.7 Å². The Morgan fingerprint density at radius 2 is 1.83 bits per heavy atom. The number of halogens is 1. The van der Waals surface area contributed by atoms with E-state index in [4.69, 9.17) is 0 Å². The summed E-state index contributed by atoms with van der Waals surface area (Å²) in [6.45, 7) is 0.294. The summed E-state index contributed by atoms with van der Waals surface area (Å²) in [6, 6.07) is 17.2. The molecule has 2 aromatic heterocycles. The number of hydrogen-bond acceptors (Lipinski definition) is 4. The minimum Gasteiger partial charge on any atom is -0.354 e. The fraction of sp³-hybridized carbons (Fsp3) is 0.143. The molecule has 0 fully saturated rings. The molecule has 2 aromatic carbocycles. The molecule has 0 saturated heterocycles. The first-order valence-electron chi connectivity index (χ1n) is 9.12. The van der Waals surface area contributed by atoms with Crippen molar-refractivity contribution < 1.29 is 9.18 Å². The van der Waals surface area contributed by atoms with Gasteiger partial charge in [-0.2, -0.15) is 10.2 Å². The van der Waals surface area contributed by atoms with E-state index in [1.54, 1.807) is 18.2 Å². The molecular formula is C21H18FN5O2. The van der Waals surface area contributed by atoms with Gasteiger partial charge >= 0.3 is 0 Å². The summed E-state index contributed by atoms with van der Waals surface area (Å²) in [4.78, 5) is 24.8. The van der Waals surface area contributed by atoms with Crippen LogP contribution in [0.5, 0.6) is 0 Å². The Balaban J connectivity index is 1.46. The second-order valence-electron chi connectivity index (χ2n) is 6.55. The molecule has 0 aliphatic carbocycles. The normalized spacial score (nSPS) is 10.9. The van der Waals surface area contributed by atoms with Gasteiger partial charge in [0, 0.05) is 12.1 Å². The number of carbonyl (C=O) groups is 1. The van der Waals surface area contributed by atoms with Gasteiger partial charge in [-0.3, -0.25) is 9.59 Å². The summed E-state index contributed by atoms with van der Waals surface area (Å²) in [5.74, 6) is -0.641. The van der Waals surface area contributed by atoms with Crippen LogP contribution < -0.4 is 10.9 Å². The molecule has 1 N–H and O–H groups in total. The van der Waals surface area contributed by atoms with Crippen LogP contribution in [-0.4, -0.2) is 31.8 Å². The first-order chi connectivity index (χ1) is 14.1. The Labute approximate surface area is 165 Å². The highest BCUT2D eigenvalue weighted by Gasteiger charge is 2.12. The fourth-order valence-electron chi connectivity index (χ4n) is 3.00. The predicted octanol–water partition coefficient (Wildman–Crippen LogP) is 2.06. The van der Waals surface area contributed by atoms with Crippen molar-refractivity contribution in [2.75, 3.05) is 6.54 Å². The number of amides is 1. The predicted molar refractivity (Wildman–Crippen MR) is 106 cm³/mol. The van der Waals surface area contributed by atoms with Gasteiger partial charge in [0.2, 0.25) is 5.91 Å². The molecular weight excluding hydrogens is 373 g/mol. The summed E-state index contributed by atoms with van der Waals surface area (Å²) < 4.78 is 15.6. The summed E-state index contributed by atoms with van der Waals surface area (Å²) in [5.41, 5.74) is 2.19. The molecule has 0 saturated carbocycles. The SMILES string of the molecule is O=C(Cn1ncn2nc(-c3ccc(F)cc3)cc2c1=O)NCCc1ccccc1. The Bertz CT molecular complexity index is 1200. The average Bonchev–Trinajstić information content (AvgIpc) is 3.17. The largest absolute Gasteiger partial charge is 0.354 e. The molecule has 4 rings (SSSR count). The molecule has 8 heteroatoms. The molecule has 1 amide bonds. The van der Waals surface area contributed by atoms with Crippen molar-refractivity contribution in [2.45, 2.75) is 13.0 Å². The fourth-order valence-corrected chi connectivity index (χ4v) is 3.00. The number of carbonyl (C=O) groups excluding carboxylic acids is 1. The van der Waals surface area contributed by atoms with Crippen LogP contribution in [0.1, 0.15) is 5.56 Å². The van der Waals surface area contributed by atoms with Crippen LogP contribution in [0.3, 0.4) is 0 Å². The van der Waals surface area contributed by atoms with Crippen molar-refractivity contribution in [1.82, 2.24) is 24.7 Å². The molecule has 0 bridgehead atoms. The van der Waals surface area contributed by atoms with E-state index in [0.717, 1.165) is 10.2 Å². The summed E-state index contributed by atoms with van der Waals surface area (Å²) in [7, 11) is 0. The van der Waals surface area contributed by atoms with E-state index < -0.39 is 5.56 Å². The number of nitrogens with zero attached hydrogens (tertiary/aromatic N) is 4. The van der Waals surface area contributed by atoms with Crippen molar-refractivity contribution in [2.24, 2.45) is 0 Å². The molecule has 0 spiro atoms. The van der Waals surface area contributed by atoms with Gasteiger partial charge < -0.3 is 5.32 Å². The zero-order chi connectivity index (χ0) is 20.2. The standard InChI is InChI=1S/C21H18FN5O2/c22-17-8-6-16(7-9-17)18-12-19-21(29)26(24-14-27(19)25-18)13-20(28)23-11-10-15-4-2-1-3-5-15/h1-9,12,14H,10-11,13H2,(H,23,28). The van der Waals surface area contributed by atoms with Crippen LogP contribution in [0.2, 0.25) is 0 Å². The Hall–Kier alpha value is -3.81. The molecule has 146 valence electrons. The highest BCUT2D eigenvalue weighted by molar-refractivity contribution is 5.75. The molecule has 7 nitrogen and oxygen atoms in total. The molecule has 2 heterocycles. The van der Waals surface area contributed by atoms with Gasteiger partial charge in [-0.05, 0) is 42.3 Å². The smallest absolute Gasteiger partial charge is 0.293 e. The van der Waals surface area contributed by atoms with Crippen molar-refractivity contribution in [1.29, 1.82) is 0 Å². The Morgan fingerprint density at radius 1 is 1.07 bits per heavy atom.